The number of nitrogens with one attached hydrogen (secondary N) is 2. The van der Waals surface area contributed by atoms with Crippen LogP contribution in [0.4, 0.5) is 15.8 Å². The zero-order valence-electron chi connectivity index (χ0n) is 11.8. The van der Waals surface area contributed by atoms with Gasteiger partial charge in [0.1, 0.15) is 5.82 Å². The number of benzene rings is 2. The normalized spacial score (nSPS) is 10.1. The lowest BCUT2D eigenvalue weighted by molar-refractivity contribution is -0.116. The van der Waals surface area contributed by atoms with Crippen molar-refractivity contribution < 1.29 is 14.0 Å². The average Bonchev–Trinajstić information content (AvgIpc) is 2.44. The molecule has 0 aliphatic carbocycles. The predicted octanol–water partition coefficient (Wildman–Crippen LogP) is 3.62. The lowest BCUT2D eigenvalue weighted by Crippen LogP contribution is -2.16. The van der Waals surface area contributed by atoms with Gasteiger partial charge in [-0.05, 0) is 29.8 Å². The number of hydrogen-bond donors (Lipinski definition) is 2. The summed E-state index contributed by atoms with van der Waals surface area (Å²) in [5, 5.41) is 5.48. The highest BCUT2D eigenvalue weighted by Crippen LogP contribution is 2.21. The fourth-order valence-electron chi connectivity index (χ4n) is 1.91. The minimum Gasteiger partial charge on any atom is -0.326 e. The molecule has 0 heterocycles. The van der Waals surface area contributed by atoms with E-state index in [0.717, 1.165) is 0 Å². The smallest absolute Gasteiger partial charge is 0.228 e. The van der Waals surface area contributed by atoms with Gasteiger partial charge < -0.3 is 10.6 Å². The fourth-order valence-corrected chi connectivity index (χ4v) is 2.11. The Hall–Kier alpha value is -2.40. The van der Waals surface area contributed by atoms with Crippen molar-refractivity contribution in [1.29, 1.82) is 0 Å². The van der Waals surface area contributed by atoms with Gasteiger partial charge in [0.05, 0.1) is 12.1 Å². The summed E-state index contributed by atoms with van der Waals surface area (Å²) >= 11 is 5.98. The third-order valence-electron chi connectivity index (χ3n) is 2.87. The van der Waals surface area contributed by atoms with Crippen LogP contribution in [0.25, 0.3) is 0 Å². The van der Waals surface area contributed by atoms with Crippen LogP contribution in [-0.2, 0) is 16.0 Å². The van der Waals surface area contributed by atoms with Crippen molar-refractivity contribution in [1.82, 2.24) is 0 Å². The first kappa shape index (κ1) is 16.0. The van der Waals surface area contributed by atoms with Crippen LogP contribution < -0.4 is 10.6 Å². The van der Waals surface area contributed by atoms with Crippen LogP contribution in [0.1, 0.15) is 12.5 Å². The van der Waals surface area contributed by atoms with Gasteiger partial charge in [0, 0.05) is 17.6 Å². The Morgan fingerprint density at radius 3 is 2.55 bits per heavy atom. The third kappa shape index (κ3) is 4.30. The molecule has 0 fully saturated rings. The van der Waals surface area contributed by atoms with Crippen LogP contribution in [0.5, 0.6) is 0 Å². The molecule has 4 nitrogen and oxygen atoms in total. The summed E-state index contributed by atoms with van der Waals surface area (Å²) < 4.78 is 13.7. The van der Waals surface area contributed by atoms with Crippen molar-refractivity contribution >= 4 is 34.8 Å². The van der Waals surface area contributed by atoms with E-state index in [1.165, 1.54) is 25.1 Å². The van der Waals surface area contributed by atoms with Gasteiger partial charge >= 0.3 is 0 Å². The van der Waals surface area contributed by atoms with Crippen molar-refractivity contribution in [2.45, 2.75) is 13.3 Å². The molecule has 0 aliphatic rings. The van der Waals surface area contributed by atoms with E-state index in [1.54, 1.807) is 24.3 Å². The SMILES string of the molecule is CC(=O)Nc1ccc(F)c(NC(=O)Cc2ccccc2Cl)c1. The van der Waals surface area contributed by atoms with Crippen LogP contribution in [-0.4, -0.2) is 11.8 Å². The summed E-state index contributed by atoms with van der Waals surface area (Å²) in [4.78, 5) is 23.0. The zero-order chi connectivity index (χ0) is 16.1. The van der Waals surface area contributed by atoms with Gasteiger partial charge in [0.25, 0.3) is 0 Å². The molecule has 0 bridgehead atoms. The molecular weight excluding hydrogens is 307 g/mol. The van der Waals surface area contributed by atoms with Crippen molar-refractivity contribution in [3.8, 4) is 0 Å². The van der Waals surface area contributed by atoms with Crippen LogP contribution in [0.3, 0.4) is 0 Å². The molecule has 2 aromatic carbocycles. The number of amides is 2. The maximum Gasteiger partial charge on any atom is 0.228 e. The topological polar surface area (TPSA) is 58.2 Å². The molecule has 0 atom stereocenters. The van der Waals surface area contributed by atoms with E-state index in [2.05, 4.69) is 10.6 Å². The molecule has 6 heteroatoms. The van der Waals surface area contributed by atoms with Gasteiger partial charge in [-0.1, -0.05) is 29.8 Å². The minimum atomic E-state index is -0.582. The van der Waals surface area contributed by atoms with Crippen LogP contribution in [0, 0.1) is 5.82 Å². The van der Waals surface area contributed by atoms with Crippen molar-refractivity contribution in [3.63, 3.8) is 0 Å². The molecular formula is C16H14ClFN2O2. The van der Waals surface area contributed by atoms with Gasteiger partial charge in [-0.25, -0.2) is 4.39 Å². The molecule has 0 saturated carbocycles. The standard InChI is InChI=1S/C16H14ClFN2O2/c1-10(21)19-12-6-7-14(18)15(9-12)20-16(22)8-11-4-2-3-5-13(11)17/h2-7,9H,8H2,1H3,(H,19,21)(H,20,22). The Morgan fingerprint density at radius 2 is 1.86 bits per heavy atom. The number of rotatable bonds is 4. The summed E-state index contributed by atoms with van der Waals surface area (Å²) in [7, 11) is 0. The lowest BCUT2D eigenvalue weighted by atomic mass is 10.1. The molecule has 0 aliphatic heterocycles. The van der Waals surface area contributed by atoms with Gasteiger partial charge in [-0.3, -0.25) is 9.59 Å². The number of carbonyl (C=O) groups is 2. The molecule has 2 aromatic rings. The van der Waals surface area contributed by atoms with Gasteiger partial charge in [0.2, 0.25) is 11.8 Å². The van der Waals surface area contributed by atoms with E-state index in [9.17, 15) is 14.0 Å². The second kappa shape index (κ2) is 7.04. The monoisotopic (exact) mass is 320 g/mol. The first-order valence-corrected chi connectivity index (χ1v) is 6.94. The van der Waals surface area contributed by atoms with Crippen LogP contribution in [0.15, 0.2) is 42.5 Å². The van der Waals surface area contributed by atoms with E-state index in [4.69, 9.17) is 11.6 Å². The third-order valence-corrected chi connectivity index (χ3v) is 3.24. The Bertz CT molecular complexity index is 719. The van der Waals surface area contributed by atoms with E-state index in [-0.39, 0.29) is 18.0 Å². The van der Waals surface area contributed by atoms with Gasteiger partial charge in [-0.15, -0.1) is 0 Å². The van der Waals surface area contributed by atoms with Crippen molar-refractivity contribution in [2.24, 2.45) is 0 Å². The highest BCUT2D eigenvalue weighted by molar-refractivity contribution is 6.31. The Morgan fingerprint density at radius 1 is 1.14 bits per heavy atom. The second-order valence-corrected chi connectivity index (χ2v) is 5.10. The molecule has 2 N–H and O–H groups in total. The Balaban J connectivity index is 2.11. The molecule has 0 radical (unpaired) electrons. The first-order valence-electron chi connectivity index (χ1n) is 6.56. The summed E-state index contributed by atoms with van der Waals surface area (Å²) in [6, 6.07) is 10.9. The summed E-state index contributed by atoms with van der Waals surface area (Å²) in [6.45, 7) is 1.35. The van der Waals surface area contributed by atoms with Crippen LogP contribution >= 0.6 is 11.6 Å². The number of hydrogen-bond acceptors (Lipinski definition) is 2. The van der Waals surface area contributed by atoms with Crippen LogP contribution in [0.2, 0.25) is 5.02 Å². The average molecular weight is 321 g/mol. The second-order valence-electron chi connectivity index (χ2n) is 4.69. The van der Waals surface area contributed by atoms with Crippen molar-refractivity contribution in [2.75, 3.05) is 10.6 Å². The maximum absolute atomic E-state index is 13.7. The summed E-state index contributed by atoms with van der Waals surface area (Å²) in [6.07, 6.45) is 0.0312. The number of anilines is 2. The first-order chi connectivity index (χ1) is 10.5. The molecule has 22 heavy (non-hydrogen) atoms. The molecule has 0 unspecified atom stereocenters. The molecule has 0 spiro atoms. The van der Waals surface area contributed by atoms with Gasteiger partial charge in [0.15, 0.2) is 0 Å². The summed E-state index contributed by atoms with van der Waals surface area (Å²) in [5.41, 5.74) is 1.06. The largest absolute Gasteiger partial charge is 0.326 e. The maximum atomic E-state index is 13.7. The van der Waals surface area contributed by atoms with Gasteiger partial charge in [-0.2, -0.15) is 0 Å². The van der Waals surface area contributed by atoms with E-state index < -0.39 is 11.7 Å². The fraction of sp³-hybridized carbons (Fsp3) is 0.125. The summed E-state index contributed by atoms with van der Waals surface area (Å²) in [5.74, 6) is -1.26. The highest BCUT2D eigenvalue weighted by Gasteiger charge is 2.11. The lowest BCUT2D eigenvalue weighted by Gasteiger charge is -2.10. The highest BCUT2D eigenvalue weighted by atomic mass is 35.5. The van der Waals surface area contributed by atoms with E-state index in [1.807, 2.05) is 0 Å². The van der Waals surface area contributed by atoms with Crippen molar-refractivity contribution in [3.05, 3.63) is 58.9 Å². The van der Waals surface area contributed by atoms with E-state index >= 15 is 0 Å². The quantitative estimate of drug-likeness (QED) is 0.904. The zero-order valence-corrected chi connectivity index (χ0v) is 12.6. The van der Waals surface area contributed by atoms with E-state index in [0.29, 0.717) is 16.3 Å². The molecule has 0 aromatic heterocycles. The minimum absolute atomic E-state index is 0.00306. The number of halogens is 2. The molecule has 0 saturated heterocycles. The molecule has 2 rings (SSSR count). The molecule has 2 amide bonds. The predicted molar refractivity (Wildman–Crippen MR) is 84.5 cm³/mol. The Labute approximate surface area is 132 Å². The molecule has 114 valence electrons. The Kier molecular flexibility index (Phi) is 5.12. The number of carbonyl (C=O) groups excluding carboxylic acids is 2.